The molecule has 1 aliphatic carbocycles. The zero-order chi connectivity index (χ0) is 57.0. The van der Waals surface area contributed by atoms with Crippen molar-refractivity contribution in [1.82, 2.24) is 4.90 Å². The molecule has 8 aromatic rings. The van der Waals surface area contributed by atoms with Crippen LogP contribution in [0.3, 0.4) is 0 Å². The van der Waals surface area contributed by atoms with Gasteiger partial charge in [-0.1, -0.05) is 104 Å². The number of hydrogen-bond acceptors (Lipinski definition) is 12. The number of nitrogens with zero attached hydrogens (tertiary/aromatic N) is 2. The summed E-state index contributed by atoms with van der Waals surface area (Å²) < 4.78 is 43.1. The molecule has 12 nitrogen and oxygen atoms in total. The number of esters is 2. The first kappa shape index (κ1) is 54.4. The molecular formula is C70H62N2O10. The summed E-state index contributed by atoms with van der Waals surface area (Å²) >= 11 is 0. The van der Waals surface area contributed by atoms with E-state index in [0.29, 0.717) is 46.3 Å². The molecule has 2 atom stereocenters. The molecule has 0 bridgehead atoms. The van der Waals surface area contributed by atoms with Crippen LogP contribution in [0.2, 0.25) is 0 Å². The van der Waals surface area contributed by atoms with Crippen LogP contribution in [-0.2, 0) is 20.7 Å². The second kappa shape index (κ2) is 23.3. The lowest BCUT2D eigenvalue weighted by molar-refractivity contribution is 0.0219. The number of piperazine rings is 1. The van der Waals surface area contributed by atoms with E-state index in [1.165, 1.54) is 0 Å². The van der Waals surface area contributed by atoms with Gasteiger partial charge >= 0.3 is 11.9 Å². The number of aliphatic hydroxyl groups excluding tert-OH is 1. The van der Waals surface area contributed by atoms with Crippen LogP contribution in [0, 0.1) is 12.3 Å². The molecule has 8 aromatic carbocycles. The second-order valence-corrected chi connectivity index (χ2v) is 20.2. The van der Waals surface area contributed by atoms with Gasteiger partial charge in [-0.25, -0.2) is 9.59 Å². The van der Waals surface area contributed by atoms with Gasteiger partial charge in [-0.05, 0) is 143 Å². The van der Waals surface area contributed by atoms with Crippen molar-refractivity contribution >= 4 is 34.5 Å². The Bertz CT molecular complexity index is 3810. The Hall–Kier alpha value is -9.54. The summed E-state index contributed by atoms with van der Waals surface area (Å²) in [6.07, 6.45) is 14.4. The number of methoxy groups -OCH3 is 3. The van der Waals surface area contributed by atoms with E-state index in [1.807, 2.05) is 78.9 Å². The van der Waals surface area contributed by atoms with E-state index in [-0.39, 0.29) is 19.0 Å². The Kier molecular flexibility index (Phi) is 15.4. The topological polar surface area (TPSA) is 125 Å². The standard InChI is InChI=1S/C70H62N2O10/c1-7-54(76-4)31-18-46(3)71-38-40-72(41-39-71)53-29-27-52(28-30-53)70(51-14-10-9-11-15-51)37-36-58-65-64(57-16-12-13-17-61(57)69(65,8-2)78-6)59-44-63(62(77-5)45-60(59)66(58)82-70)81-68(75)49-21-19-47(20-22-49)48-23-34-56(35-24-48)80-67(74)50-25-32-55(33-26-50)79-43-42-73/h1,9-37,44-45,73H,8,38-43H2,2-6H3/b46-18+,54-31+. The van der Waals surface area contributed by atoms with Gasteiger partial charge in [0.05, 0.1) is 32.0 Å². The summed E-state index contributed by atoms with van der Waals surface area (Å²) in [7, 11) is 4.92. The highest BCUT2D eigenvalue weighted by Gasteiger charge is 2.48. The molecule has 82 heavy (non-hydrogen) atoms. The van der Waals surface area contributed by atoms with Gasteiger partial charge < -0.3 is 48.1 Å². The number of ether oxygens (including phenoxy) is 7. The maximum atomic E-state index is 14.3. The number of allylic oxidation sites excluding steroid dienone is 4. The minimum Gasteiger partial charge on any atom is -0.493 e. The van der Waals surface area contributed by atoms with Gasteiger partial charge in [-0.2, -0.15) is 0 Å². The minimum atomic E-state index is -1.06. The predicted molar refractivity (Wildman–Crippen MR) is 320 cm³/mol. The fourth-order valence-electron chi connectivity index (χ4n) is 11.6. The molecule has 0 aromatic heterocycles. The maximum Gasteiger partial charge on any atom is 0.343 e. The normalized spacial score (nSPS) is 17.2. The smallest absolute Gasteiger partial charge is 0.343 e. The number of anilines is 1. The first-order valence-corrected chi connectivity index (χ1v) is 27.3. The lowest BCUT2D eigenvalue weighted by Crippen LogP contribution is -2.45. The SMILES string of the molecule is C#C/C(=C\C=C(/C)N1CCN(c2ccc(C3(c4ccccc4)C=Cc4c5c(c6cc(OC(=O)c7ccc(-c8ccc(OC(=O)c9ccc(OCCO)cc9)cc8)cc7)c(OC)cc6c4O3)-c3ccccc3C5(CC)OC)cc2)CC1)OC. The molecule has 0 amide bonds. The second-order valence-electron chi connectivity index (χ2n) is 20.2. The van der Waals surface area contributed by atoms with Crippen LogP contribution in [0.5, 0.6) is 28.7 Å². The average Bonchev–Trinajstić information content (AvgIpc) is 2.51. The van der Waals surface area contributed by atoms with Crippen molar-refractivity contribution in [3.63, 3.8) is 0 Å². The van der Waals surface area contributed by atoms with Crippen molar-refractivity contribution in [2.45, 2.75) is 31.5 Å². The van der Waals surface area contributed by atoms with Gasteiger partial charge in [0.25, 0.3) is 0 Å². The molecule has 0 spiro atoms. The summed E-state index contributed by atoms with van der Waals surface area (Å²) in [5, 5.41) is 10.6. The van der Waals surface area contributed by atoms with E-state index in [2.05, 4.69) is 90.3 Å². The first-order valence-electron chi connectivity index (χ1n) is 27.3. The Morgan fingerprint density at radius 1 is 0.707 bits per heavy atom. The summed E-state index contributed by atoms with van der Waals surface area (Å²) in [5.41, 5.74) is 9.57. The molecule has 2 aliphatic heterocycles. The minimum absolute atomic E-state index is 0.107. The lowest BCUT2D eigenvalue weighted by Gasteiger charge is -2.40. The quantitative estimate of drug-likeness (QED) is 0.0307. The Balaban J connectivity index is 0.907. The number of benzene rings is 8. The van der Waals surface area contributed by atoms with Crippen LogP contribution in [-0.4, -0.2) is 82.7 Å². The van der Waals surface area contributed by atoms with Crippen molar-refractivity contribution < 1.29 is 47.9 Å². The van der Waals surface area contributed by atoms with Gasteiger partial charge in [0, 0.05) is 72.3 Å². The van der Waals surface area contributed by atoms with Gasteiger partial charge in [0.2, 0.25) is 0 Å². The van der Waals surface area contributed by atoms with Gasteiger partial charge in [0.1, 0.15) is 29.5 Å². The van der Waals surface area contributed by atoms with E-state index in [0.717, 1.165) is 98.4 Å². The molecular weight excluding hydrogens is 1030 g/mol. The summed E-state index contributed by atoms with van der Waals surface area (Å²) in [6, 6.07) is 52.0. The Morgan fingerprint density at radius 2 is 1.33 bits per heavy atom. The van der Waals surface area contributed by atoms with E-state index in [1.54, 1.807) is 69.9 Å². The van der Waals surface area contributed by atoms with Crippen LogP contribution >= 0.6 is 0 Å². The highest BCUT2D eigenvalue weighted by Crippen LogP contribution is 2.60. The number of carbonyl (C=O) groups is 2. The molecule has 2 unspecified atom stereocenters. The summed E-state index contributed by atoms with van der Waals surface area (Å²) in [5.74, 6) is 4.13. The number of fused-ring (bicyclic) bond motifs is 8. The van der Waals surface area contributed by atoms with Crippen molar-refractivity contribution in [2.24, 2.45) is 0 Å². The lowest BCUT2D eigenvalue weighted by atomic mass is 9.79. The third-order valence-electron chi connectivity index (χ3n) is 15.9. The van der Waals surface area contributed by atoms with Crippen LogP contribution in [0.15, 0.2) is 193 Å². The zero-order valence-electron chi connectivity index (χ0n) is 46.4. The molecule has 1 saturated heterocycles. The molecule has 2 heterocycles. The fraction of sp³-hybridized carbons (Fsp3) is 0.200. The van der Waals surface area contributed by atoms with Gasteiger partial charge in [-0.3, -0.25) is 0 Å². The van der Waals surface area contributed by atoms with Gasteiger partial charge in [-0.15, -0.1) is 6.42 Å². The maximum absolute atomic E-state index is 14.3. The van der Waals surface area contributed by atoms with Gasteiger partial charge in [0.15, 0.2) is 22.9 Å². The number of aliphatic hydroxyl groups is 1. The summed E-state index contributed by atoms with van der Waals surface area (Å²) in [4.78, 5) is 31.9. The largest absolute Gasteiger partial charge is 0.493 e. The first-order chi connectivity index (χ1) is 40.0. The fourth-order valence-corrected chi connectivity index (χ4v) is 11.6. The van der Waals surface area contributed by atoms with Crippen LogP contribution in [0.4, 0.5) is 5.69 Å². The van der Waals surface area contributed by atoms with E-state index >= 15 is 0 Å². The van der Waals surface area contributed by atoms with Crippen LogP contribution in [0.1, 0.15) is 68.8 Å². The third kappa shape index (κ3) is 10.1. The highest BCUT2D eigenvalue weighted by molar-refractivity contribution is 6.10. The number of rotatable bonds is 17. The summed E-state index contributed by atoms with van der Waals surface area (Å²) in [6.45, 7) is 7.70. The molecule has 3 aliphatic rings. The number of hydrogen-bond donors (Lipinski definition) is 1. The van der Waals surface area contributed by atoms with Crippen LogP contribution < -0.4 is 28.6 Å². The van der Waals surface area contributed by atoms with E-state index in [9.17, 15) is 9.59 Å². The monoisotopic (exact) mass is 1090 g/mol. The van der Waals surface area contributed by atoms with Crippen molar-refractivity contribution in [2.75, 3.05) is 65.6 Å². The molecule has 1 N–H and O–H groups in total. The average molecular weight is 1090 g/mol. The highest BCUT2D eigenvalue weighted by atomic mass is 16.6. The van der Waals surface area contributed by atoms with E-state index < -0.39 is 23.1 Å². The predicted octanol–water partition coefficient (Wildman–Crippen LogP) is 13.1. The molecule has 0 saturated carbocycles. The number of terminal acetylenes is 1. The van der Waals surface area contributed by atoms with Crippen LogP contribution in [0.25, 0.3) is 39.1 Å². The Morgan fingerprint density at radius 3 is 1.98 bits per heavy atom. The number of carbonyl (C=O) groups excluding carboxylic acids is 2. The van der Waals surface area contributed by atoms with Crippen molar-refractivity contribution in [3.05, 3.63) is 232 Å². The molecule has 0 radical (unpaired) electrons. The molecule has 11 rings (SSSR count). The molecule has 1 fully saturated rings. The van der Waals surface area contributed by atoms with Crippen molar-refractivity contribution in [1.29, 1.82) is 0 Å². The molecule has 412 valence electrons. The van der Waals surface area contributed by atoms with Crippen molar-refractivity contribution in [3.8, 4) is 63.3 Å². The van der Waals surface area contributed by atoms with E-state index in [4.69, 9.17) is 44.7 Å². The third-order valence-corrected chi connectivity index (χ3v) is 15.9. The Labute approximate surface area is 478 Å². The molecule has 12 heteroatoms. The zero-order valence-corrected chi connectivity index (χ0v) is 46.4.